The van der Waals surface area contributed by atoms with E-state index in [9.17, 15) is 10.1 Å². The maximum Gasteiger partial charge on any atom is 0.240 e. The van der Waals surface area contributed by atoms with Crippen molar-refractivity contribution in [2.75, 3.05) is 33.2 Å². The number of hydrogen-bond acceptors (Lipinski definition) is 5. The summed E-state index contributed by atoms with van der Waals surface area (Å²) in [6.07, 6.45) is 4.58. The Kier molecular flexibility index (Phi) is 7.70. The van der Waals surface area contributed by atoms with Gasteiger partial charge in [-0.1, -0.05) is 19.1 Å². The van der Waals surface area contributed by atoms with Gasteiger partial charge in [0.25, 0.3) is 0 Å². The van der Waals surface area contributed by atoms with E-state index >= 15 is 0 Å². The second-order valence-corrected chi connectivity index (χ2v) is 9.37. The third kappa shape index (κ3) is 5.45. The van der Waals surface area contributed by atoms with Gasteiger partial charge in [0.1, 0.15) is 5.54 Å². The smallest absolute Gasteiger partial charge is 0.240 e. The van der Waals surface area contributed by atoms with Gasteiger partial charge in [-0.05, 0) is 69.2 Å². The zero-order valence-corrected chi connectivity index (χ0v) is 19.2. The molecule has 2 fully saturated rings. The molecule has 1 aliphatic carbocycles. The zero-order valence-electron chi connectivity index (χ0n) is 19.2. The zero-order chi connectivity index (χ0) is 22.4. The average molecular weight is 422 g/mol. The van der Waals surface area contributed by atoms with Gasteiger partial charge < -0.3 is 4.90 Å². The Bertz CT molecular complexity index is 829. The summed E-state index contributed by atoms with van der Waals surface area (Å²) in [5.74, 6) is 0.701. The molecule has 6 heteroatoms. The summed E-state index contributed by atoms with van der Waals surface area (Å²) in [7, 11) is 1.83. The highest BCUT2D eigenvalue weighted by Crippen LogP contribution is 2.36. The standard InChI is InChI=1S/C25H35N5O/c1-20-9-11-25(19-27,12-10-20)28(3)24(31)21(2)30-14-4-13-29(15-16-30)18-23-7-5-22(17-26)6-8-23/h5-8,20-21H,4,9-16,18H2,1-3H3. The number of nitrogens with zero attached hydrogens (tertiary/aromatic N) is 5. The second kappa shape index (κ2) is 10.3. The number of rotatable bonds is 5. The Morgan fingerprint density at radius 1 is 1.16 bits per heavy atom. The van der Waals surface area contributed by atoms with Gasteiger partial charge in [0.05, 0.1) is 23.7 Å². The molecule has 6 nitrogen and oxygen atoms in total. The minimum absolute atomic E-state index is 0.0663. The Morgan fingerprint density at radius 2 is 1.84 bits per heavy atom. The van der Waals surface area contributed by atoms with Crippen LogP contribution in [0.1, 0.15) is 57.1 Å². The van der Waals surface area contributed by atoms with Gasteiger partial charge in [-0.2, -0.15) is 10.5 Å². The fraction of sp³-hybridized carbons (Fsp3) is 0.640. The number of carbonyl (C=O) groups excluding carboxylic acids is 1. The van der Waals surface area contributed by atoms with E-state index in [2.05, 4.69) is 28.9 Å². The Balaban J connectivity index is 1.58. The summed E-state index contributed by atoms with van der Waals surface area (Å²) in [4.78, 5) is 19.8. The lowest BCUT2D eigenvalue weighted by atomic mass is 9.77. The minimum Gasteiger partial charge on any atom is -0.326 e. The lowest BCUT2D eigenvalue weighted by Gasteiger charge is -2.43. The van der Waals surface area contributed by atoms with Crippen molar-refractivity contribution in [1.82, 2.24) is 14.7 Å². The Morgan fingerprint density at radius 3 is 2.45 bits per heavy atom. The molecule has 1 aromatic carbocycles. The predicted octanol–water partition coefficient (Wildman–Crippen LogP) is 3.39. The fourth-order valence-electron chi connectivity index (χ4n) is 4.89. The first-order valence-corrected chi connectivity index (χ1v) is 11.5. The number of likely N-dealkylation sites (N-methyl/N-ethyl adjacent to an activating group) is 1. The van der Waals surface area contributed by atoms with Crippen molar-refractivity contribution in [3.8, 4) is 12.1 Å². The molecule has 1 heterocycles. The topological polar surface area (TPSA) is 74.4 Å². The third-order valence-electron chi connectivity index (χ3n) is 7.30. The van der Waals surface area contributed by atoms with Gasteiger partial charge in [0.2, 0.25) is 5.91 Å². The molecular weight excluding hydrogens is 386 g/mol. The number of hydrogen-bond donors (Lipinski definition) is 0. The number of benzene rings is 1. The van der Waals surface area contributed by atoms with Gasteiger partial charge in [-0.3, -0.25) is 14.6 Å². The predicted molar refractivity (Wildman–Crippen MR) is 121 cm³/mol. The molecule has 1 atom stereocenters. The SMILES string of the molecule is CC1CCC(C#N)(N(C)C(=O)C(C)N2CCCN(Cc3ccc(C#N)cc3)CC2)CC1. The molecule has 1 aromatic rings. The second-order valence-electron chi connectivity index (χ2n) is 9.37. The third-order valence-corrected chi connectivity index (χ3v) is 7.30. The van der Waals surface area contributed by atoms with E-state index in [0.717, 1.165) is 64.8 Å². The summed E-state index contributed by atoms with van der Waals surface area (Å²) in [6.45, 7) is 8.71. The van der Waals surface area contributed by atoms with Gasteiger partial charge in [-0.15, -0.1) is 0 Å². The molecule has 0 N–H and O–H groups in total. The van der Waals surface area contributed by atoms with Gasteiger partial charge in [-0.25, -0.2) is 0 Å². The van der Waals surface area contributed by atoms with E-state index < -0.39 is 5.54 Å². The Labute approximate surface area is 187 Å². The molecule has 0 spiro atoms. The van der Waals surface area contributed by atoms with Crippen molar-refractivity contribution in [3.63, 3.8) is 0 Å². The molecule has 1 saturated carbocycles. The van der Waals surface area contributed by atoms with Crippen LogP contribution >= 0.6 is 0 Å². The fourth-order valence-corrected chi connectivity index (χ4v) is 4.89. The summed E-state index contributed by atoms with van der Waals surface area (Å²) in [6, 6.07) is 12.2. The summed E-state index contributed by atoms with van der Waals surface area (Å²) < 4.78 is 0. The molecule has 0 radical (unpaired) electrons. The van der Waals surface area contributed by atoms with Crippen molar-refractivity contribution in [1.29, 1.82) is 10.5 Å². The molecule has 1 saturated heterocycles. The van der Waals surface area contributed by atoms with Gasteiger partial charge in [0.15, 0.2) is 0 Å². The van der Waals surface area contributed by atoms with E-state index in [1.807, 2.05) is 38.2 Å². The molecule has 1 aliphatic heterocycles. The van der Waals surface area contributed by atoms with Crippen LogP contribution in [0.3, 0.4) is 0 Å². The number of nitriles is 2. The largest absolute Gasteiger partial charge is 0.326 e. The Hall–Kier alpha value is -2.41. The van der Waals surface area contributed by atoms with Crippen molar-refractivity contribution in [2.24, 2.45) is 5.92 Å². The highest BCUT2D eigenvalue weighted by molar-refractivity contribution is 5.82. The first-order chi connectivity index (χ1) is 14.9. The first kappa shape index (κ1) is 23.3. The molecule has 31 heavy (non-hydrogen) atoms. The average Bonchev–Trinajstić information content (AvgIpc) is 3.04. The maximum atomic E-state index is 13.3. The van der Waals surface area contributed by atoms with E-state index in [1.165, 1.54) is 5.56 Å². The lowest BCUT2D eigenvalue weighted by Crippen LogP contribution is -2.56. The number of amides is 1. The monoisotopic (exact) mass is 421 g/mol. The van der Waals surface area contributed by atoms with Crippen LogP contribution in [0, 0.1) is 28.6 Å². The van der Waals surface area contributed by atoms with Crippen LogP contribution < -0.4 is 0 Å². The van der Waals surface area contributed by atoms with Crippen LogP contribution in [0.4, 0.5) is 0 Å². The molecular formula is C25H35N5O. The van der Waals surface area contributed by atoms with Crippen molar-refractivity contribution >= 4 is 5.91 Å². The van der Waals surface area contributed by atoms with Gasteiger partial charge >= 0.3 is 0 Å². The first-order valence-electron chi connectivity index (χ1n) is 11.5. The van der Waals surface area contributed by atoms with Crippen LogP contribution in [0.25, 0.3) is 0 Å². The quantitative estimate of drug-likeness (QED) is 0.729. The summed E-state index contributed by atoms with van der Waals surface area (Å²) >= 11 is 0. The van der Waals surface area contributed by atoms with Crippen LogP contribution in [0.5, 0.6) is 0 Å². The van der Waals surface area contributed by atoms with Crippen molar-refractivity contribution in [3.05, 3.63) is 35.4 Å². The number of carbonyl (C=O) groups is 1. The summed E-state index contributed by atoms with van der Waals surface area (Å²) in [5, 5.41) is 18.9. The molecule has 166 valence electrons. The van der Waals surface area contributed by atoms with E-state index in [1.54, 1.807) is 4.90 Å². The van der Waals surface area contributed by atoms with Crippen LogP contribution in [-0.2, 0) is 11.3 Å². The minimum atomic E-state index is -0.647. The molecule has 2 aliphatic rings. The van der Waals surface area contributed by atoms with Crippen LogP contribution in [-0.4, -0.2) is 65.4 Å². The molecule has 1 unspecified atom stereocenters. The molecule has 3 rings (SSSR count). The van der Waals surface area contributed by atoms with E-state index in [0.29, 0.717) is 11.5 Å². The van der Waals surface area contributed by atoms with E-state index in [4.69, 9.17) is 5.26 Å². The molecule has 1 amide bonds. The van der Waals surface area contributed by atoms with Crippen LogP contribution in [0.15, 0.2) is 24.3 Å². The van der Waals surface area contributed by atoms with Crippen molar-refractivity contribution < 1.29 is 4.79 Å². The van der Waals surface area contributed by atoms with Crippen molar-refractivity contribution in [2.45, 2.75) is 64.1 Å². The highest BCUT2D eigenvalue weighted by atomic mass is 16.2. The van der Waals surface area contributed by atoms with E-state index in [-0.39, 0.29) is 11.9 Å². The highest BCUT2D eigenvalue weighted by Gasteiger charge is 2.42. The normalized spacial score (nSPS) is 26.3. The maximum absolute atomic E-state index is 13.3. The molecule has 0 bridgehead atoms. The van der Waals surface area contributed by atoms with Gasteiger partial charge in [0, 0.05) is 33.2 Å². The molecule has 0 aromatic heterocycles. The summed E-state index contributed by atoms with van der Waals surface area (Å²) in [5.41, 5.74) is 1.24. The van der Waals surface area contributed by atoms with Crippen LogP contribution in [0.2, 0.25) is 0 Å². The lowest BCUT2D eigenvalue weighted by molar-refractivity contribution is -0.140.